The number of carbonyl (C=O) groups excluding carboxylic acids is 1. The first-order valence-electron chi connectivity index (χ1n) is 8.66. The third kappa shape index (κ3) is 2.98. The summed E-state index contributed by atoms with van der Waals surface area (Å²) in [5, 5.41) is 5.30. The second-order valence-corrected chi connectivity index (χ2v) is 6.71. The average molecular weight is 313 g/mol. The number of fused-ring (bicyclic) bond motifs is 1. The molecule has 2 fully saturated rings. The molecule has 1 aliphatic carbocycles. The van der Waals surface area contributed by atoms with Gasteiger partial charge in [-0.1, -0.05) is 30.1 Å². The highest BCUT2D eigenvalue weighted by Gasteiger charge is 2.29. The Morgan fingerprint density at radius 3 is 2.65 bits per heavy atom. The lowest BCUT2D eigenvalue weighted by molar-refractivity contribution is -0.137. The molecule has 1 saturated heterocycles. The molecule has 0 N–H and O–H groups in total. The maximum atomic E-state index is 12.5. The van der Waals surface area contributed by atoms with Crippen molar-refractivity contribution < 1.29 is 9.32 Å². The molecule has 2 aliphatic rings. The van der Waals surface area contributed by atoms with Crippen LogP contribution in [0.1, 0.15) is 31.4 Å². The van der Waals surface area contributed by atoms with Crippen molar-refractivity contribution in [1.29, 1.82) is 0 Å². The van der Waals surface area contributed by atoms with Crippen LogP contribution in [-0.2, 0) is 11.3 Å². The normalized spacial score (nSPS) is 20.4. The summed E-state index contributed by atoms with van der Waals surface area (Å²) in [5.74, 6) is 0.676. The first kappa shape index (κ1) is 14.7. The first-order valence-corrected chi connectivity index (χ1v) is 8.66. The Morgan fingerprint density at radius 1 is 1.13 bits per heavy atom. The zero-order valence-corrected chi connectivity index (χ0v) is 13.4. The number of benzene rings is 1. The number of rotatable bonds is 3. The zero-order valence-electron chi connectivity index (χ0n) is 13.4. The second-order valence-electron chi connectivity index (χ2n) is 6.71. The van der Waals surface area contributed by atoms with Gasteiger partial charge >= 0.3 is 0 Å². The summed E-state index contributed by atoms with van der Waals surface area (Å²) in [6.07, 6.45) is 4.61. The lowest BCUT2D eigenvalue weighted by Gasteiger charge is -2.35. The number of hydrogen-bond donors (Lipinski definition) is 0. The topological polar surface area (TPSA) is 49.6 Å². The van der Waals surface area contributed by atoms with Crippen molar-refractivity contribution in [2.75, 3.05) is 26.2 Å². The molecule has 1 aromatic carbocycles. The maximum absolute atomic E-state index is 12.5. The molecule has 1 aromatic heterocycles. The molecule has 2 aromatic rings. The van der Waals surface area contributed by atoms with Crippen LogP contribution in [0.2, 0.25) is 0 Å². The van der Waals surface area contributed by atoms with Crippen LogP contribution < -0.4 is 0 Å². The van der Waals surface area contributed by atoms with Crippen molar-refractivity contribution in [3.05, 3.63) is 30.0 Å². The van der Waals surface area contributed by atoms with Gasteiger partial charge in [0.2, 0.25) is 5.91 Å². The second kappa shape index (κ2) is 6.32. The van der Waals surface area contributed by atoms with Gasteiger partial charge in [-0.2, -0.15) is 0 Å². The highest BCUT2D eigenvalue weighted by molar-refractivity contribution is 5.79. The van der Waals surface area contributed by atoms with Gasteiger partial charge in [-0.25, -0.2) is 0 Å². The molecular weight excluding hydrogens is 290 g/mol. The number of nitrogens with zero attached hydrogens (tertiary/aromatic N) is 3. The molecule has 4 rings (SSSR count). The molecule has 0 bridgehead atoms. The zero-order chi connectivity index (χ0) is 15.6. The third-order valence-corrected chi connectivity index (χ3v) is 5.21. The summed E-state index contributed by atoms with van der Waals surface area (Å²) in [4.78, 5) is 16.9. The van der Waals surface area contributed by atoms with Gasteiger partial charge in [-0.05, 0) is 25.0 Å². The van der Waals surface area contributed by atoms with Crippen molar-refractivity contribution in [1.82, 2.24) is 15.0 Å². The van der Waals surface area contributed by atoms with Gasteiger partial charge in [0, 0.05) is 44.0 Å². The molecule has 0 radical (unpaired) electrons. The highest BCUT2D eigenvalue weighted by Crippen LogP contribution is 2.27. The molecule has 122 valence electrons. The van der Waals surface area contributed by atoms with Crippen LogP contribution >= 0.6 is 0 Å². The average Bonchev–Trinajstić information content (AvgIpc) is 3.25. The summed E-state index contributed by atoms with van der Waals surface area (Å²) >= 11 is 0. The SMILES string of the molecule is O=C(C1CCCC1)N1CCN(Cc2noc3ccccc23)CC1. The van der Waals surface area contributed by atoms with E-state index in [0.29, 0.717) is 11.8 Å². The fraction of sp³-hybridized carbons (Fsp3) is 0.556. The minimum Gasteiger partial charge on any atom is -0.356 e. The number of para-hydroxylation sites is 1. The monoisotopic (exact) mass is 313 g/mol. The molecule has 1 saturated carbocycles. The quantitative estimate of drug-likeness (QED) is 0.874. The number of carbonyl (C=O) groups is 1. The Labute approximate surface area is 136 Å². The van der Waals surface area contributed by atoms with Gasteiger partial charge < -0.3 is 9.42 Å². The fourth-order valence-corrected chi connectivity index (χ4v) is 3.82. The fourth-order valence-electron chi connectivity index (χ4n) is 3.82. The van der Waals surface area contributed by atoms with Crippen molar-refractivity contribution in [2.45, 2.75) is 32.2 Å². The van der Waals surface area contributed by atoms with Crippen LogP contribution in [0.5, 0.6) is 0 Å². The summed E-state index contributed by atoms with van der Waals surface area (Å²) in [6, 6.07) is 7.98. The van der Waals surface area contributed by atoms with E-state index in [4.69, 9.17) is 4.52 Å². The van der Waals surface area contributed by atoms with Crippen LogP contribution in [0.3, 0.4) is 0 Å². The summed E-state index contributed by atoms with van der Waals surface area (Å²) in [5.41, 5.74) is 1.84. The van der Waals surface area contributed by atoms with Gasteiger partial charge in [-0.15, -0.1) is 0 Å². The lowest BCUT2D eigenvalue weighted by atomic mass is 10.1. The van der Waals surface area contributed by atoms with E-state index in [1.165, 1.54) is 12.8 Å². The predicted molar refractivity (Wildman–Crippen MR) is 87.8 cm³/mol. The van der Waals surface area contributed by atoms with E-state index in [1.807, 2.05) is 18.2 Å². The highest BCUT2D eigenvalue weighted by atomic mass is 16.5. The molecule has 0 spiro atoms. The summed E-state index contributed by atoms with van der Waals surface area (Å²) < 4.78 is 5.38. The molecule has 5 nitrogen and oxygen atoms in total. The number of piperazine rings is 1. The van der Waals surface area contributed by atoms with Gasteiger partial charge in [0.05, 0.1) is 0 Å². The Bertz CT molecular complexity index is 682. The predicted octanol–water partition coefficient (Wildman–Crippen LogP) is 2.66. The van der Waals surface area contributed by atoms with E-state index in [0.717, 1.165) is 62.2 Å². The van der Waals surface area contributed by atoms with Crippen molar-refractivity contribution >= 4 is 16.9 Å². The summed E-state index contributed by atoms with van der Waals surface area (Å²) in [7, 11) is 0. The minimum atomic E-state index is 0.293. The molecule has 2 heterocycles. The molecule has 5 heteroatoms. The van der Waals surface area contributed by atoms with Crippen molar-refractivity contribution in [2.24, 2.45) is 5.92 Å². The van der Waals surface area contributed by atoms with E-state index >= 15 is 0 Å². The van der Waals surface area contributed by atoms with Gasteiger partial charge in [0.25, 0.3) is 0 Å². The molecule has 1 amide bonds. The van der Waals surface area contributed by atoms with Crippen LogP contribution in [0, 0.1) is 5.92 Å². The van der Waals surface area contributed by atoms with Gasteiger partial charge in [0.1, 0.15) is 5.69 Å². The Kier molecular flexibility index (Phi) is 4.04. The van der Waals surface area contributed by atoms with Gasteiger partial charge in [-0.3, -0.25) is 9.69 Å². The van der Waals surface area contributed by atoms with E-state index in [-0.39, 0.29) is 0 Å². The molecule has 0 atom stereocenters. The van der Waals surface area contributed by atoms with Crippen LogP contribution in [0.4, 0.5) is 0 Å². The largest absolute Gasteiger partial charge is 0.356 e. The van der Waals surface area contributed by atoms with Crippen LogP contribution in [-0.4, -0.2) is 47.0 Å². The molecule has 0 unspecified atom stereocenters. The van der Waals surface area contributed by atoms with E-state index in [9.17, 15) is 4.79 Å². The Balaban J connectivity index is 1.35. The number of amides is 1. The molecule has 1 aliphatic heterocycles. The third-order valence-electron chi connectivity index (χ3n) is 5.21. The van der Waals surface area contributed by atoms with E-state index in [1.54, 1.807) is 0 Å². The Hall–Kier alpha value is -1.88. The van der Waals surface area contributed by atoms with E-state index < -0.39 is 0 Å². The minimum absolute atomic E-state index is 0.293. The van der Waals surface area contributed by atoms with Crippen molar-refractivity contribution in [3.63, 3.8) is 0 Å². The summed E-state index contributed by atoms with van der Waals surface area (Å²) in [6.45, 7) is 4.30. The Morgan fingerprint density at radius 2 is 1.87 bits per heavy atom. The number of hydrogen-bond acceptors (Lipinski definition) is 4. The van der Waals surface area contributed by atoms with E-state index in [2.05, 4.69) is 21.0 Å². The standard InChI is InChI=1S/C18H23N3O2/c22-18(14-5-1-2-6-14)21-11-9-20(10-12-21)13-16-15-7-3-4-8-17(15)23-19-16/h3-4,7-8,14H,1-2,5-6,9-13H2. The van der Waals surface area contributed by atoms with Crippen LogP contribution in [0.15, 0.2) is 28.8 Å². The van der Waals surface area contributed by atoms with Crippen molar-refractivity contribution in [3.8, 4) is 0 Å². The maximum Gasteiger partial charge on any atom is 0.225 e. The lowest BCUT2D eigenvalue weighted by Crippen LogP contribution is -2.49. The van der Waals surface area contributed by atoms with Gasteiger partial charge in [0.15, 0.2) is 5.58 Å². The number of aromatic nitrogens is 1. The smallest absolute Gasteiger partial charge is 0.225 e. The molecular formula is C18H23N3O2. The van der Waals surface area contributed by atoms with Crippen LogP contribution in [0.25, 0.3) is 11.0 Å². The first-order chi connectivity index (χ1) is 11.3. The molecule has 23 heavy (non-hydrogen) atoms.